The molecule has 0 aliphatic carbocycles. The Morgan fingerprint density at radius 1 is 1.29 bits per heavy atom. The fraction of sp³-hybridized carbons (Fsp3) is 0.154. The number of benzene rings is 1. The Morgan fingerprint density at radius 2 is 2.00 bits per heavy atom. The average Bonchev–Trinajstić information content (AvgIpc) is 2.41. The van der Waals surface area contributed by atoms with Gasteiger partial charge in [0.2, 0.25) is 0 Å². The fourth-order valence-corrected chi connectivity index (χ4v) is 1.75. The van der Waals surface area contributed by atoms with E-state index in [0.29, 0.717) is 0 Å². The molecule has 1 heterocycles. The number of alkyl halides is 3. The molecule has 0 spiro atoms. The lowest BCUT2D eigenvalue weighted by molar-refractivity contribution is -0.137. The van der Waals surface area contributed by atoms with Crippen molar-refractivity contribution in [1.29, 1.82) is 5.26 Å². The summed E-state index contributed by atoms with van der Waals surface area (Å²) in [4.78, 5) is 24.7. The van der Waals surface area contributed by atoms with E-state index >= 15 is 0 Å². The van der Waals surface area contributed by atoms with E-state index in [0.717, 1.165) is 22.9 Å². The molecule has 0 radical (unpaired) electrons. The maximum absolute atomic E-state index is 12.6. The molecule has 5 nitrogen and oxygen atoms in total. The van der Waals surface area contributed by atoms with Gasteiger partial charge in [-0.15, -0.1) is 0 Å². The lowest BCUT2D eigenvalue weighted by Gasteiger charge is -2.10. The van der Waals surface area contributed by atoms with E-state index in [4.69, 9.17) is 5.26 Å². The van der Waals surface area contributed by atoms with Crippen LogP contribution in [0.4, 0.5) is 13.2 Å². The van der Waals surface area contributed by atoms with Crippen LogP contribution in [0, 0.1) is 11.3 Å². The number of nitrogens with zero attached hydrogens (tertiary/aromatic N) is 2. The normalized spacial score (nSPS) is 11.1. The first-order valence-corrected chi connectivity index (χ1v) is 5.71. The van der Waals surface area contributed by atoms with Crippen LogP contribution in [0.1, 0.15) is 16.7 Å². The second-order valence-electron chi connectivity index (χ2n) is 4.24. The number of hydrogen-bond acceptors (Lipinski definition) is 3. The van der Waals surface area contributed by atoms with Crippen molar-refractivity contribution in [2.24, 2.45) is 0 Å². The van der Waals surface area contributed by atoms with Gasteiger partial charge in [-0.1, -0.05) is 12.1 Å². The zero-order valence-corrected chi connectivity index (χ0v) is 10.4. The molecule has 1 N–H and O–H groups in total. The number of H-pyrrole nitrogens is 1. The molecule has 0 aliphatic rings. The molecule has 2 rings (SSSR count). The second kappa shape index (κ2) is 5.28. The third kappa shape index (κ3) is 3.20. The molecule has 1 aromatic carbocycles. The van der Waals surface area contributed by atoms with E-state index in [1.165, 1.54) is 12.1 Å². The van der Waals surface area contributed by atoms with Crippen molar-refractivity contribution >= 4 is 0 Å². The van der Waals surface area contributed by atoms with Crippen LogP contribution in [0.3, 0.4) is 0 Å². The lowest BCUT2D eigenvalue weighted by atomic mass is 10.1. The van der Waals surface area contributed by atoms with Crippen LogP contribution < -0.4 is 11.2 Å². The van der Waals surface area contributed by atoms with E-state index in [1.54, 1.807) is 6.07 Å². The Hall–Kier alpha value is -2.82. The molecule has 8 heteroatoms. The van der Waals surface area contributed by atoms with Crippen molar-refractivity contribution in [2.45, 2.75) is 12.7 Å². The van der Waals surface area contributed by atoms with Gasteiger partial charge >= 0.3 is 11.9 Å². The first-order valence-electron chi connectivity index (χ1n) is 5.71. The van der Waals surface area contributed by atoms with Crippen molar-refractivity contribution < 1.29 is 13.2 Å². The van der Waals surface area contributed by atoms with Crippen LogP contribution >= 0.6 is 0 Å². The van der Waals surface area contributed by atoms with Crippen LogP contribution in [0.15, 0.2) is 40.1 Å². The maximum Gasteiger partial charge on any atom is 0.416 e. The number of aromatic amines is 1. The maximum atomic E-state index is 12.6. The van der Waals surface area contributed by atoms with Gasteiger partial charge in [-0.25, -0.2) is 4.79 Å². The predicted molar refractivity (Wildman–Crippen MR) is 66.6 cm³/mol. The minimum atomic E-state index is -4.48. The van der Waals surface area contributed by atoms with Crippen LogP contribution in [-0.4, -0.2) is 9.55 Å². The van der Waals surface area contributed by atoms with Gasteiger partial charge in [0.25, 0.3) is 5.56 Å². The number of nitrogens with one attached hydrogen (secondary N) is 1. The number of nitriles is 1. The molecular formula is C13H8F3N3O2. The van der Waals surface area contributed by atoms with Crippen LogP contribution in [0.5, 0.6) is 0 Å². The largest absolute Gasteiger partial charge is 0.416 e. The lowest BCUT2D eigenvalue weighted by Crippen LogP contribution is -2.31. The quantitative estimate of drug-likeness (QED) is 0.911. The SMILES string of the molecule is N#Cc1cn(Cc2cccc(C(F)(F)F)c2)c(=O)[nH]c1=O. The molecule has 21 heavy (non-hydrogen) atoms. The van der Waals surface area contributed by atoms with Crippen LogP contribution in [0.25, 0.3) is 0 Å². The van der Waals surface area contributed by atoms with Crippen molar-refractivity contribution in [1.82, 2.24) is 9.55 Å². The Bertz CT molecular complexity index is 828. The highest BCUT2D eigenvalue weighted by Gasteiger charge is 2.30. The summed E-state index contributed by atoms with van der Waals surface area (Å²) in [5, 5.41) is 8.72. The summed E-state index contributed by atoms with van der Waals surface area (Å²) in [6.07, 6.45) is -3.47. The molecule has 0 aliphatic heterocycles. The molecule has 0 unspecified atom stereocenters. The molecule has 108 valence electrons. The minimum absolute atomic E-state index is 0.186. The van der Waals surface area contributed by atoms with Gasteiger partial charge in [0.05, 0.1) is 12.1 Å². The van der Waals surface area contributed by atoms with E-state index < -0.39 is 23.0 Å². The second-order valence-corrected chi connectivity index (χ2v) is 4.24. The summed E-state index contributed by atoms with van der Waals surface area (Å²) in [5.41, 5.74) is -2.53. The summed E-state index contributed by atoms with van der Waals surface area (Å²) >= 11 is 0. The first-order chi connectivity index (χ1) is 9.81. The summed E-state index contributed by atoms with van der Waals surface area (Å²) in [5.74, 6) is 0. The van der Waals surface area contributed by atoms with Gasteiger partial charge in [0.15, 0.2) is 0 Å². The molecule has 0 amide bonds. The Kier molecular flexibility index (Phi) is 3.67. The number of halogens is 3. The third-order valence-electron chi connectivity index (χ3n) is 2.74. The molecule has 0 saturated carbocycles. The fourth-order valence-electron chi connectivity index (χ4n) is 1.75. The van der Waals surface area contributed by atoms with Crippen molar-refractivity contribution in [3.8, 4) is 6.07 Å². The van der Waals surface area contributed by atoms with E-state index in [9.17, 15) is 22.8 Å². The van der Waals surface area contributed by atoms with Crippen molar-refractivity contribution in [3.63, 3.8) is 0 Å². The van der Waals surface area contributed by atoms with E-state index in [2.05, 4.69) is 0 Å². The smallest absolute Gasteiger partial charge is 0.295 e. The molecular weight excluding hydrogens is 287 g/mol. The first kappa shape index (κ1) is 14.6. The standard InChI is InChI=1S/C13H8F3N3O2/c14-13(15,16)10-3-1-2-8(4-10)6-19-7-9(5-17)11(20)18-12(19)21/h1-4,7H,6H2,(H,18,20,21). The zero-order valence-electron chi connectivity index (χ0n) is 10.4. The average molecular weight is 295 g/mol. The Labute approximate surface area is 115 Å². The summed E-state index contributed by atoms with van der Waals surface area (Å²) < 4.78 is 38.8. The predicted octanol–water partition coefficient (Wildman–Crippen LogP) is 1.48. The van der Waals surface area contributed by atoms with Gasteiger partial charge in [-0.3, -0.25) is 14.3 Å². The summed E-state index contributed by atoms with van der Waals surface area (Å²) in [6, 6.07) is 6.06. The van der Waals surface area contributed by atoms with Crippen molar-refractivity contribution in [2.75, 3.05) is 0 Å². The number of hydrogen-bond donors (Lipinski definition) is 1. The molecule has 2 aromatic rings. The number of rotatable bonds is 2. The summed E-state index contributed by atoms with van der Waals surface area (Å²) in [7, 11) is 0. The Balaban J connectivity index is 2.42. The van der Waals surface area contributed by atoms with Crippen LogP contribution in [-0.2, 0) is 12.7 Å². The highest BCUT2D eigenvalue weighted by Crippen LogP contribution is 2.29. The molecule has 0 fully saturated rings. The van der Waals surface area contributed by atoms with Crippen molar-refractivity contribution in [3.05, 3.63) is 68.0 Å². The van der Waals surface area contributed by atoms with E-state index in [-0.39, 0.29) is 17.7 Å². The van der Waals surface area contributed by atoms with Gasteiger partial charge < -0.3 is 0 Å². The monoisotopic (exact) mass is 295 g/mol. The Morgan fingerprint density at radius 3 is 2.62 bits per heavy atom. The van der Waals surface area contributed by atoms with Gasteiger partial charge in [-0.05, 0) is 17.7 Å². The molecule has 0 atom stereocenters. The highest BCUT2D eigenvalue weighted by molar-refractivity contribution is 5.27. The molecule has 0 bridgehead atoms. The van der Waals surface area contributed by atoms with Crippen LogP contribution in [0.2, 0.25) is 0 Å². The zero-order chi connectivity index (χ0) is 15.6. The highest BCUT2D eigenvalue weighted by atomic mass is 19.4. The van der Waals surface area contributed by atoms with E-state index in [1.807, 2.05) is 4.98 Å². The van der Waals surface area contributed by atoms with Gasteiger partial charge in [-0.2, -0.15) is 18.4 Å². The number of aromatic nitrogens is 2. The minimum Gasteiger partial charge on any atom is -0.295 e. The summed E-state index contributed by atoms with van der Waals surface area (Å²) in [6.45, 7) is -0.186. The topological polar surface area (TPSA) is 78.7 Å². The van der Waals surface area contributed by atoms with Gasteiger partial charge in [0, 0.05) is 6.20 Å². The molecule has 0 saturated heterocycles. The molecule has 1 aromatic heterocycles. The third-order valence-corrected chi connectivity index (χ3v) is 2.74. The van der Waals surface area contributed by atoms with Gasteiger partial charge in [0.1, 0.15) is 11.6 Å².